The highest BCUT2D eigenvalue weighted by Gasteiger charge is 2.50. The Morgan fingerprint density at radius 1 is 1.24 bits per heavy atom. The Bertz CT molecular complexity index is 720. The summed E-state index contributed by atoms with van der Waals surface area (Å²) in [5.74, 6) is 1.18. The lowest BCUT2D eigenvalue weighted by molar-refractivity contribution is -0.136. The number of carbonyl (C=O) groups excluding carboxylic acids is 1. The molecule has 2 saturated heterocycles. The summed E-state index contributed by atoms with van der Waals surface area (Å²) in [7, 11) is 0. The minimum atomic E-state index is 0.172. The smallest absolute Gasteiger partial charge is 0.228 e. The Morgan fingerprint density at radius 2 is 2.08 bits per heavy atom. The normalized spacial score (nSPS) is 21.3. The molecule has 2 aromatic rings. The summed E-state index contributed by atoms with van der Waals surface area (Å²) in [5.41, 5.74) is 1.99. The minimum absolute atomic E-state index is 0.172. The van der Waals surface area contributed by atoms with E-state index in [0.29, 0.717) is 13.0 Å². The van der Waals surface area contributed by atoms with Gasteiger partial charge in [0.2, 0.25) is 5.91 Å². The topological polar surface area (TPSA) is 55.3 Å². The first-order valence-electron chi connectivity index (χ1n) is 8.55. The SMILES string of the molecule is O=C(Cc1ccccn1)N1CC2(C[C@H](OCc3ccncc3)CS2)C1. The molecule has 4 heterocycles. The third-order valence-corrected chi connectivity index (χ3v) is 6.36. The van der Waals surface area contributed by atoms with Gasteiger partial charge in [-0.1, -0.05) is 6.07 Å². The van der Waals surface area contributed by atoms with E-state index < -0.39 is 0 Å². The van der Waals surface area contributed by atoms with E-state index in [9.17, 15) is 4.79 Å². The molecule has 2 fully saturated rings. The Balaban J connectivity index is 1.24. The van der Waals surface area contributed by atoms with Crippen molar-refractivity contribution in [3.8, 4) is 0 Å². The molecule has 0 radical (unpaired) electrons. The van der Waals surface area contributed by atoms with Gasteiger partial charge in [-0.2, -0.15) is 0 Å². The van der Waals surface area contributed by atoms with Crippen molar-refractivity contribution in [2.75, 3.05) is 18.8 Å². The first-order chi connectivity index (χ1) is 12.2. The maximum atomic E-state index is 12.4. The number of rotatable bonds is 5. The lowest BCUT2D eigenvalue weighted by Crippen LogP contribution is -2.61. The maximum absolute atomic E-state index is 12.4. The van der Waals surface area contributed by atoms with Crippen LogP contribution in [-0.4, -0.2) is 50.5 Å². The van der Waals surface area contributed by atoms with Gasteiger partial charge in [-0.3, -0.25) is 14.8 Å². The van der Waals surface area contributed by atoms with Crippen LogP contribution in [0.4, 0.5) is 0 Å². The van der Waals surface area contributed by atoms with Gasteiger partial charge in [-0.25, -0.2) is 0 Å². The molecule has 5 nitrogen and oxygen atoms in total. The molecular formula is C19H21N3O2S. The van der Waals surface area contributed by atoms with Crippen molar-refractivity contribution in [1.29, 1.82) is 0 Å². The van der Waals surface area contributed by atoms with Gasteiger partial charge in [-0.15, -0.1) is 11.8 Å². The summed E-state index contributed by atoms with van der Waals surface area (Å²) in [6, 6.07) is 9.66. The van der Waals surface area contributed by atoms with Crippen LogP contribution >= 0.6 is 11.8 Å². The van der Waals surface area contributed by atoms with Crippen LogP contribution < -0.4 is 0 Å². The number of thioether (sulfide) groups is 1. The number of amides is 1. The molecule has 4 rings (SSSR count). The van der Waals surface area contributed by atoms with Crippen molar-refractivity contribution < 1.29 is 9.53 Å². The van der Waals surface area contributed by atoms with E-state index >= 15 is 0 Å². The highest BCUT2D eigenvalue weighted by atomic mass is 32.2. The molecule has 25 heavy (non-hydrogen) atoms. The van der Waals surface area contributed by atoms with E-state index in [1.807, 2.05) is 47.0 Å². The summed E-state index contributed by atoms with van der Waals surface area (Å²) in [5, 5.41) is 0. The largest absolute Gasteiger partial charge is 0.373 e. The van der Waals surface area contributed by atoms with E-state index in [1.165, 1.54) is 0 Å². The number of carbonyl (C=O) groups is 1. The highest BCUT2D eigenvalue weighted by molar-refractivity contribution is 8.01. The van der Waals surface area contributed by atoms with Crippen LogP contribution in [0.3, 0.4) is 0 Å². The Hall–Kier alpha value is -1.92. The third kappa shape index (κ3) is 3.85. The van der Waals surface area contributed by atoms with E-state index in [0.717, 1.165) is 36.5 Å². The van der Waals surface area contributed by atoms with Crippen LogP contribution in [0.5, 0.6) is 0 Å². The van der Waals surface area contributed by atoms with Gasteiger partial charge in [0, 0.05) is 43.1 Å². The monoisotopic (exact) mass is 355 g/mol. The summed E-state index contributed by atoms with van der Waals surface area (Å²) in [6.07, 6.45) is 7.00. The number of aromatic nitrogens is 2. The zero-order valence-corrected chi connectivity index (χ0v) is 14.8. The van der Waals surface area contributed by atoms with Gasteiger partial charge in [-0.05, 0) is 36.2 Å². The van der Waals surface area contributed by atoms with Gasteiger partial charge < -0.3 is 9.64 Å². The quantitative estimate of drug-likeness (QED) is 0.824. The third-order valence-electron chi connectivity index (χ3n) is 4.78. The summed E-state index contributed by atoms with van der Waals surface area (Å²) in [4.78, 5) is 22.6. The number of nitrogens with zero attached hydrogens (tertiary/aromatic N) is 3. The van der Waals surface area contributed by atoms with Crippen molar-refractivity contribution in [1.82, 2.24) is 14.9 Å². The van der Waals surface area contributed by atoms with Gasteiger partial charge in [0.05, 0.1) is 23.9 Å². The Kier molecular flexibility index (Phi) is 4.72. The molecule has 0 saturated carbocycles. The fraction of sp³-hybridized carbons (Fsp3) is 0.421. The zero-order valence-electron chi connectivity index (χ0n) is 14.0. The number of hydrogen-bond donors (Lipinski definition) is 0. The number of hydrogen-bond acceptors (Lipinski definition) is 5. The molecule has 0 bridgehead atoms. The van der Waals surface area contributed by atoms with E-state index in [4.69, 9.17) is 4.74 Å². The molecule has 2 aliphatic rings. The summed E-state index contributed by atoms with van der Waals surface area (Å²) >= 11 is 1.96. The molecule has 1 spiro atoms. The first kappa shape index (κ1) is 16.5. The standard InChI is InChI=1S/C19H21N3O2S/c23-18(9-16-3-1-2-6-21-16)22-13-19(14-22)10-17(12-25-19)24-11-15-4-7-20-8-5-15/h1-8,17H,9-14H2/t17-/m0/s1. The second kappa shape index (κ2) is 7.14. The van der Waals surface area contributed by atoms with Gasteiger partial charge in [0.25, 0.3) is 0 Å². The van der Waals surface area contributed by atoms with E-state index in [-0.39, 0.29) is 16.8 Å². The predicted octanol–water partition coefficient (Wildman–Crippen LogP) is 2.32. The van der Waals surface area contributed by atoms with Crippen LogP contribution in [0, 0.1) is 0 Å². The van der Waals surface area contributed by atoms with Crippen molar-refractivity contribution in [2.45, 2.75) is 30.3 Å². The van der Waals surface area contributed by atoms with Crippen LogP contribution in [-0.2, 0) is 22.6 Å². The minimum Gasteiger partial charge on any atom is -0.373 e. The fourth-order valence-corrected chi connectivity index (χ4v) is 4.97. The van der Waals surface area contributed by atoms with Crippen molar-refractivity contribution >= 4 is 17.7 Å². The van der Waals surface area contributed by atoms with E-state index in [1.54, 1.807) is 18.6 Å². The molecule has 6 heteroatoms. The lowest BCUT2D eigenvalue weighted by atomic mass is 9.92. The zero-order chi connectivity index (χ0) is 17.1. The second-order valence-electron chi connectivity index (χ2n) is 6.73. The first-order valence-corrected chi connectivity index (χ1v) is 9.53. The van der Waals surface area contributed by atoms with Crippen LogP contribution in [0.15, 0.2) is 48.9 Å². The molecule has 130 valence electrons. The molecule has 2 aliphatic heterocycles. The van der Waals surface area contributed by atoms with Crippen molar-refractivity contribution in [3.05, 3.63) is 60.2 Å². The average molecular weight is 355 g/mol. The second-order valence-corrected chi connectivity index (χ2v) is 8.22. The highest BCUT2D eigenvalue weighted by Crippen LogP contribution is 2.46. The predicted molar refractivity (Wildman–Crippen MR) is 97.1 cm³/mol. The van der Waals surface area contributed by atoms with Gasteiger partial charge in [0.1, 0.15) is 0 Å². The van der Waals surface area contributed by atoms with Gasteiger partial charge in [0.15, 0.2) is 0 Å². The van der Waals surface area contributed by atoms with Gasteiger partial charge >= 0.3 is 0 Å². The summed E-state index contributed by atoms with van der Waals surface area (Å²) in [6.45, 7) is 2.29. The molecule has 0 aliphatic carbocycles. The number of pyridine rings is 2. The molecule has 1 amide bonds. The lowest BCUT2D eigenvalue weighted by Gasteiger charge is -2.47. The van der Waals surface area contributed by atoms with Crippen LogP contribution in [0.25, 0.3) is 0 Å². The molecule has 2 aromatic heterocycles. The number of likely N-dealkylation sites (tertiary alicyclic amines) is 1. The average Bonchev–Trinajstić information content (AvgIpc) is 3.05. The molecule has 0 unspecified atom stereocenters. The molecule has 0 aromatic carbocycles. The molecular weight excluding hydrogens is 334 g/mol. The van der Waals surface area contributed by atoms with Crippen molar-refractivity contribution in [3.63, 3.8) is 0 Å². The molecule has 1 atom stereocenters. The number of ether oxygens (including phenoxy) is 1. The maximum Gasteiger partial charge on any atom is 0.228 e. The summed E-state index contributed by atoms with van der Waals surface area (Å²) < 4.78 is 6.25. The Morgan fingerprint density at radius 3 is 2.84 bits per heavy atom. The van der Waals surface area contributed by atoms with Crippen molar-refractivity contribution in [2.24, 2.45) is 0 Å². The van der Waals surface area contributed by atoms with Crippen LogP contribution in [0.2, 0.25) is 0 Å². The van der Waals surface area contributed by atoms with E-state index in [2.05, 4.69) is 9.97 Å². The van der Waals surface area contributed by atoms with Crippen LogP contribution in [0.1, 0.15) is 17.7 Å². The fourth-order valence-electron chi connectivity index (χ4n) is 3.42. The molecule has 0 N–H and O–H groups in total. The Labute approximate surface area is 151 Å².